The smallest absolute Gasteiger partial charge is 0.227 e. The number of hydrogen-bond acceptors (Lipinski definition) is 8. The third-order valence-corrected chi connectivity index (χ3v) is 5.75. The first-order valence-corrected chi connectivity index (χ1v) is 10.4. The maximum atomic E-state index is 6.25. The van der Waals surface area contributed by atoms with E-state index < -0.39 is 0 Å². The second kappa shape index (κ2) is 9.26. The average molecular weight is 424 g/mol. The lowest BCUT2D eigenvalue weighted by molar-refractivity contribution is 0.260. The highest BCUT2D eigenvalue weighted by molar-refractivity contribution is 5.91. The number of aromatic nitrogens is 2. The molecule has 0 atom stereocenters. The number of nitrogen functional groups attached to an aromatic ring is 1. The second-order valence-corrected chi connectivity index (χ2v) is 7.56. The predicted octanol–water partition coefficient (Wildman–Crippen LogP) is 2.60. The Bertz CT molecular complexity index is 1030. The van der Waals surface area contributed by atoms with Crippen LogP contribution in [-0.2, 0) is 6.42 Å². The van der Waals surface area contributed by atoms with Gasteiger partial charge in [-0.3, -0.25) is 4.90 Å². The van der Waals surface area contributed by atoms with Crippen LogP contribution in [0.25, 0.3) is 10.9 Å². The van der Waals surface area contributed by atoms with Gasteiger partial charge in [0, 0.05) is 44.2 Å². The molecule has 2 aromatic carbocycles. The fraction of sp³-hybridized carbons (Fsp3) is 0.391. The van der Waals surface area contributed by atoms with Crippen molar-refractivity contribution in [1.82, 2.24) is 14.9 Å². The van der Waals surface area contributed by atoms with E-state index in [0.29, 0.717) is 23.3 Å². The third kappa shape index (κ3) is 4.59. The Kier molecular flexibility index (Phi) is 6.27. The van der Waals surface area contributed by atoms with Crippen molar-refractivity contribution in [2.45, 2.75) is 6.42 Å². The molecular weight excluding hydrogens is 394 g/mol. The Balaban J connectivity index is 1.40. The lowest BCUT2D eigenvalue weighted by Crippen LogP contribution is -2.47. The van der Waals surface area contributed by atoms with Crippen LogP contribution in [0.2, 0.25) is 0 Å². The zero-order valence-electron chi connectivity index (χ0n) is 18.3. The summed E-state index contributed by atoms with van der Waals surface area (Å²) in [6.45, 7) is 4.67. The molecule has 2 N–H and O–H groups in total. The van der Waals surface area contributed by atoms with E-state index in [1.807, 2.05) is 24.3 Å². The van der Waals surface area contributed by atoms with Gasteiger partial charge in [0.25, 0.3) is 0 Å². The summed E-state index contributed by atoms with van der Waals surface area (Å²) in [7, 11) is 4.90. The summed E-state index contributed by atoms with van der Waals surface area (Å²) < 4.78 is 16.0. The zero-order chi connectivity index (χ0) is 21.8. The van der Waals surface area contributed by atoms with Gasteiger partial charge in [0.05, 0.1) is 26.8 Å². The number of hydrogen-bond donors (Lipinski definition) is 1. The van der Waals surface area contributed by atoms with Crippen molar-refractivity contribution in [2.75, 3.05) is 64.7 Å². The predicted molar refractivity (Wildman–Crippen MR) is 122 cm³/mol. The molecule has 3 aromatic rings. The van der Waals surface area contributed by atoms with E-state index in [2.05, 4.69) is 26.9 Å². The quantitative estimate of drug-likeness (QED) is 0.621. The molecule has 1 aliphatic rings. The Hall–Kier alpha value is -3.26. The van der Waals surface area contributed by atoms with Gasteiger partial charge in [-0.25, -0.2) is 4.98 Å². The number of fused-ring (bicyclic) bond motifs is 1. The van der Waals surface area contributed by atoms with Gasteiger partial charge in [-0.1, -0.05) is 12.1 Å². The van der Waals surface area contributed by atoms with Crippen LogP contribution in [0.5, 0.6) is 17.2 Å². The summed E-state index contributed by atoms with van der Waals surface area (Å²) in [5.74, 6) is 3.24. The number of piperazine rings is 1. The highest BCUT2D eigenvalue weighted by atomic mass is 16.5. The van der Waals surface area contributed by atoms with Crippen molar-refractivity contribution in [2.24, 2.45) is 0 Å². The molecule has 8 heteroatoms. The molecule has 0 saturated carbocycles. The minimum Gasteiger partial charge on any atom is -0.497 e. The molecule has 2 heterocycles. The van der Waals surface area contributed by atoms with Gasteiger partial charge in [-0.05, 0) is 30.2 Å². The Labute approximate surface area is 182 Å². The lowest BCUT2D eigenvalue weighted by Gasteiger charge is -2.34. The van der Waals surface area contributed by atoms with E-state index in [0.717, 1.165) is 55.8 Å². The first-order chi connectivity index (χ1) is 15.1. The first-order valence-electron chi connectivity index (χ1n) is 10.4. The molecule has 0 bridgehead atoms. The van der Waals surface area contributed by atoms with E-state index in [1.54, 1.807) is 21.3 Å². The summed E-state index contributed by atoms with van der Waals surface area (Å²) in [5, 5.41) is 0.763. The summed E-state index contributed by atoms with van der Waals surface area (Å²) in [6.07, 6.45) is 1.02. The van der Waals surface area contributed by atoms with Crippen LogP contribution < -0.4 is 24.8 Å². The highest BCUT2D eigenvalue weighted by Gasteiger charge is 2.20. The van der Waals surface area contributed by atoms with Crippen molar-refractivity contribution in [3.8, 4) is 17.2 Å². The van der Waals surface area contributed by atoms with Crippen molar-refractivity contribution in [1.29, 1.82) is 0 Å². The van der Waals surface area contributed by atoms with Crippen LogP contribution in [0.1, 0.15) is 5.56 Å². The number of benzene rings is 2. The minimum absolute atomic E-state index is 0.447. The summed E-state index contributed by atoms with van der Waals surface area (Å²) in [5.41, 5.74) is 8.32. The largest absolute Gasteiger partial charge is 0.497 e. The molecule has 1 aliphatic heterocycles. The molecule has 1 aromatic heterocycles. The first kappa shape index (κ1) is 21.0. The van der Waals surface area contributed by atoms with Crippen LogP contribution in [0.15, 0.2) is 36.4 Å². The van der Waals surface area contributed by atoms with Crippen molar-refractivity contribution < 1.29 is 14.2 Å². The van der Waals surface area contributed by atoms with Crippen molar-refractivity contribution in [3.63, 3.8) is 0 Å². The Morgan fingerprint density at radius 2 is 1.55 bits per heavy atom. The minimum atomic E-state index is 0.447. The highest BCUT2D eigenvalue weighted by Crippen LogP contribution is 2.34. The maximum absolute atomic E-state index is 6.25. The topological polar surface area (TPSA) is 86.0 Å². The number of nitrogens with zero attached hydrogens (tertiary/aromatic N) is 4. The normalized spacial score (nSPS) is 14.6. The monoisotopic (exact) mass is 423 g/mol. The zero-order valence-corrected chi connectivity index (χ0v) is 18.3. The van der Waals surface area contributed by atoms with Gasteiger partial charge < -0.3 is 24.8 Å². The van der Waals surface area contributed by atoms with E-state index >= 15 is 0 Å². The number of ether oxygens (including phenoxy) is 3. The van der Waals surface area contributed by atoms with Crippen LogP contribution in [-0.4, -0.2) is 68.9 Å². The molecular formula is C23H29N5O3. The molecule has 0 aliphatic carbocycles. The van der Waals surface area contributed by atoms with Crippen LogP contribution >= 0.6 is 0 Å². The average Bonchev–Trinajstić information content (AvgIpc) is 2.82. The number of methoxy groups -OCH3 is 3. The van der Waals surface area contributed by atoms with Crippen LogP contribution in [0, 0.1) is 0 Å². The lowest BCUT2D eigenvalue weighted by atomic mass is 10.1. The molecule has 164 valence electrons. The number of rotatable bonds is 7. The molecule has 0 spiro atoms. The molecule has 1 saturated heterocycles. The molecule has 31 heavy (non-hydrogen) atoms. The molecule has 8 nitrogen and oxygen atoms in total. The number of anilines is 2. The number of nitrogens with two attached hydrogens (primary N) is 1. The van der Waals surface area contributed by atoms with Gasteiger partial charge >= 0.3 is 0 Å². The SMILES string of the molecule is COc1ccc(CCN2CCN(c3nc(N)c4cc(OC)c(OC)cc4n3)CC2)cc1. The van der Waals surface area contributed by atoms with E-state index in [9.17, 15) is 0 Å². The van der Waals surface area contributed by atoms with Gasteiger partial charge in [0.1, 0.15) is 11.6 Å². The molecule has 0 unspecified atom stereocenters. The van der Waals surface area contributed by atoms with E-state index in [-0.39, 0.29) is 0 Å². The van der Waals surface area contributed by atoms with Gasteiger partial charge in [0.15, 0.2) is 11.5 Å². The summed E-state index contributed by atoms with van der Waals surface area (Å²) >= 11 is 0. The Morgan fingerprint density at radius 3 is 2.19 bits per heavy atom. The summed E-state index contributed by atoms with van der Waals surface area (Å²) in [6, 6.07) is 12.0. The molecule has 1 fully saturated rings. The molecule has 4 rings (SSSR count). The van der Waals surface area contributed by atoms with Crippen LogP contribution in [0.4, 0.5) is 11.8 Å². The van der Waals surface area contributed by atoms with Crippen LogP contribution in [0.3, 0.4) is 0 Å². The van der Waals surface area contributed by atoms with Gasteiger partial charge in [0.2, 0.25) is 5.95 Å². The van der Waals surface area contributed by atoms with Gasteiger partial charge in [-0.2, -0.15) is 4.98 Å². The fourth-order valence-corrected chi connectivity index (χ4v) is 3.86. The maximum Gasteiger partial charge on any atom is 0.227 e. The fourth-order valence-electron chi connectivity index (χ4n) is 3.86. The van der Waals surface area contributed by atoms with Crippen molar-refractivity contribution in [3.05, 3.63) is 42.0 Å². The van der Waals surface area contributed by atoms with Gasteiger partial charge in [-0.15, -0.1) is 0 Å². The second-order valence-electron chi connectivity index (χ2n) is 7.56. The van der Waals surface area contributed by atoms with E-state index in [1.165, 1.54) is 5.56 Å². The van der Waals surface area contributed by atoms with Crippen molar-refractivity contribution >= 4 is 22.7 Å². The Morgan fingerprint density at radius 1 is 0.871 bits per heavy atom. The third-order valence-electron chi connectivity index (χ3n) is 5.75. The summed E-state index contributed by atoms with van der Waals surface area (Å²) in [4.78, 5) is 14.0. The standard InChI is InChI=1S/C23H29N5O3/c1-29-17-6-4-16(5-7-17)8-9-27-10-12-28(13-11-27)23-25-19-15-21(31-3)20(30-2)14-18(19)22(24)26-23/h4-7,14-15H,8-13H2,1-3H3,(H2,24,25,26). The molecule has 0 amide bonds. The molecule has 0 radical (unpaired) electrons. The van der Waals surface area contributed by atoms with E-state index in [4.69, 9.17) is 24.9 Å².